The molecule has 6 nitrogen and oxygen atoms in total. The lowest BCUT2D eigenvalue weighted by atomic mass is 10.2. The molecule has 1 atom stereocenters. The van der Waals surface area contributed by atoms with Gasteiger partial charge in [-0.15, -0.1) is 0 Å². The summed E-state index contributed by atoms with van der Waals surface area (Å²) in [6, 6.07) is 12.5. The number of hydrogen-bond acceptors (Lipinski definition) is 5. The third-order valence-corrected chi connectivity index (χ3v) is 5.65. The van der Waals surface area contributed by atoms with E-state index in [-0.39, 0.29) is 11.4 Å². The Kier molecular flexibility index (Phi) is 4.38. The lowest BCUT2D eigenvalue weighted by Crippen LogP contribution is -2.47. The molecule has 0 fully saturated rings. The predicted molar refractivity (Wildman–Crippen MR) is 88.9 cm³/mol. The molecule has 1 heterocycles. The summed E-state index contributed by atoms with van der Waals surface area (Å²) in [6.07, 6.45) is -1.04. The lowest BCUT2D eigenvalue weighted by Gasteiger charge is -2.34. The van der Waals surface area contributed by atoms with Crippen LogP contribution in [-0.2, 0) is 19.6 Å². The molecule has 2 aromatic carbocycles. The maximum atomic E-state index is 13.0. The maximum Gasteiger partial charge on any atom is 0.348 e. The van der Waals surface area contributed by atoms with E-state index in [1.54, 1.807) is 24.3 Å². The van der Waals surface area contributed by atoms with Crippen LogP contribution in [0.3, 0.4) is 0 Å². The summed E-state index contributed by atoms with van der Waals surface area (Å²) in [6.45, 7) is -0.172. The van der Waals surface area contributed by atoms with Gasteiger partial charge in [-0.3, -0.25) is 4.31 Å². The second-order valence-corrected chi connectivity index (χ2v) is 7.39. The molecule has 2 aromatic rings. The van der Waals surface area contributed by atoms with Crippen molar-refractivity contribution in [2.75, 3.05) is 18.0 Å². The third-order valence-electron chi connectivity index (χ3n) is 3.60. The molecule has 1 aliphatic rings. The lowest BCUT2D eigenvalue weighted by molar-refractivity contribution is -0.148. The molecule has 0 N–H and O–H groups in total. The predicted octanol–water partition coefficient (Wildman–Crippen LogP) is 2.47. The number of fused-ring (bicyclic) bond motifs is 1. The van der Waals surface area contributed by atoms with Crippen molar-refractivity contribution in [1.82, 2.24) is 0 Å². The van der Waals surface area contributed by atoms with Crippen molar-refractivity contribution in [3.05, 3.63) is 53.6 Å². The number of ether oxygens (including phenoxy) is 2. The molecule has 3 rings (SSSR count). The van der Waals surface area contributed by atoms with E-state index >= 15 is 0 Å². The number of methoxy groups -OCH3 is 1. The first-order valence-corrected chi connectivity index (χ1v) is 8.87. The Bertz CT molecular complexity index is 866. The molecule has 0 saturated carbocycles. The SMILES string of the molecule is COC(=O)[C@H]1CN(S(=O)(=O)c2ccc(Cl)cc2)c2ccccc2O1. The van der Waals surface area contributed by atoms with Crippen molar-refractivity contribution in [1.29, 1.82) is 0 Å². The Morgan fingerprint density at radius 1 is 1.21 bits per heavy atom. The highest BCUT2D eigenvalue weighted by Crippen LogP contribution is 2.37. The maximum absolute atomic E-state index is 13.0. The summed E-state index contributed by atoms with van der Waals surface area (Å²) >= 11 is 5.82. The number of para-hydroxylation sites is 2. The normalized spacial score (nSPS) is 16.9. The highest BCUT2D eigenvalue weighted by atomic mass is 35.5. The van der Waals surface area contributed by atoms with Crippen LogP contribution in [0.4, 0.5) is 5.69 Å². The molecule has 0 radical (unpaired) electrons. The van der Waals surface area contributed by atoms with E-state index < -0.39 is 22.1 Å². The molecule has 0 saturated heterocycles. The average Bonchev–Trinajstić information content (AvgIpc) is 2.60. The number of esters is 1. The highest BCUT2D eigenvalue weighted by molar-refractivity contribution is 7.92. The fourth-order valence-corrected chi connectivity index (χ4v) is 4.02. The van der Waals surface area contributed by atoms with E-state index in [0.29, 0.717) is 16.5 Å². The average molecular weight is 368 g/mol. The standard InChI is InChI=1S/C16H14ClNO5S/c1-22-16(19)15-10-18(13-4-2-3-5-14(13)23-15)24(20,21)12-8-6-11(17)7-9-12/h2-9,15H,10H2,1H3/t15-/m1/s1. The number of sulfonamides is 1. The Labute approximate surface area is 144 Å². The van der Waals surface area contributed by atoms with Gasteiger partial charge in [-0.2, -0.15) is 0 Å². The number of rotatable bonds is 3. The summed E-state index contributed by atoms with van der Waals surface area (Å²) in [7, 11) is -2.65. The van der Waals surface area contributed by atoms with Gasteiger partial charge < -0.3 is 9.47 Å². The first kappa shape index (κ1) is 16.6. The molecule has 0 amide bonds. The quantitative estimate of drug-likeness (QED) is 0.779. The third kappa shape index (κ3) is 2.92. The molecule has 126 valence electrons. The number of halogens is 1. The van der Waals surface area contributed by atoms with Crippen molar-refractivity contribution in [2.24, 2.45) is 0 Å². The summed E-state index contributed by atoms with van der Waals surface area (Å²) in [5.41, 5.74) is 0.368. The van der Waals surface area contributed by atoms with Gasteiger partial charge in [-0.25, -0.2) is 13.2 Å². The van der Waals surface area contributed by atoms with Gasteiger partial charge in [0, 0.05) is 5.02 Å². The minimum atomic E-state index is -3.88. The molecule has 0 bridgehead atoms. The number of hydrogen-bond donors (Lipinski definition) is 0. The van der Waals surface area contributed by atoms with Crippen LogP contribution in [0.15, 0.2) is 53.4 Å². The fraction of sp³-hybridized carbons (Fsp3) is 0.188. The Morgan fingerprint density at radius 2 is 1.88 bits per heavy atom. The Hall–Kier alpha value is -2.25. The van der Waals surface area contributed by atoms with Crippen LogP contribution in [0.25, 0.3) is 0 Å². The second kappa shape index (κ2) is 6.33. The van der Waals surface area contributed by atoms with E-state index in [1.807, 2.05) is 0 Å². The van der Waals surface area contributed by atoms with Crippen LogP contribution >= 0.6 is 11.6 Å². The van der Waals surface area contributed by atoms with Gasteiger partial charge in [0.2, 0.25) is 6.10 Å². The smallest absolute Gasteiger partial charge is 0.348 e. The summed E-state index contributed by atoms with van der Waals surface area (Å²) < 4.78 is 37.4. The summed E-state index contributed by atoms with van der Waals surface area (Å²) in [4.78, 5) is 11.9. The molecule has 0 spiro atoms. The number of benzene rings is 2. The topological polar surface area (TPSA) is 72.9 Å². The number of anilines is 1. The van der Waals surface area contributed by atoms with Crippen molar-refractivity contribution in [3.8, 4) is 5.75 Å². The molecule has 24 heavy (non-hydrogen) atoms. The van der Waals surface area contributed by atoms with Gasteiger partial charge in [-0.05, 0) is 36.4 Å². The monoisotopic (exact) mass is 367 g/mol. The minimum absolute atomic E-state index is 0.0761. The molecule has 1 aliphatic heterocycles. The van der Waals surface area contributed by atoms with Crippen LogP contribution in [-0.4, -0.2) is 34.1 Å². The number of carbonyl (C=O) groups excluding carboxylic acids is 1. The van der Waals surface area contributed by atoms with Gasteiger partial charge >= 0.3 is 5.97 Å². The van der Waals surface area contributed by atoms with E-state index in [9.17, 15) is 13.2 Å². The van der Waals surface area contributed by atoms with Crippen molar-refractivity contribution < 1.29 is 22.7 Å². The van der Waals surface area contributed by atoms with Gasteiger partial charge in [0.1, 0.15) is 5.75 Å². The molecule has 0 aromatic heterocycles. The first-order chi connectivity index (χ1) is 11.4. The number of carbonyl (C=O) groups is 1. The molecule has 0 aliphatic carbocycles. The van der Waals surface area contributed by atoms with Crippen molar-refractivity contribution in [2.45, 2.75) is 11.0 Å². The zero-order valence-corrected chi connectivity index (χ0v) is 14.3. The van der Waals surface area contributed by atoms with Crippen LogP contribution in [0.2, 0.25) is 5.02 Å². The van der Waals surface area contributed by atoms with E-state index in [2.05, 4.69) is 4.74 Å². The molecular weight excluding hydrogens is 354 g/mol. The Morgan fingerprint density at radius 3 is 2.54 bits per heavy atom. The Balaban J connectivity index is 2.07. The first-order valence-electron chi connectivity index (χ1n) is 7.05. The van der Waals surface area contributed by atoms with Crippen LogP contribution in [0.1, 0.15) is 0 Å². The van der Waals surface area contributed by atoms with E-state index in [4.69, 9.17) is 16.3 Å². The van der Waals surface area contributed by atoms with Crippen LogP contribution in [0.5, 0.6) is 5.75 Å². The van der Waals surface area contributed by atoms with Crippen molar-refractivity contribution >= 4 is 33.3 Å². The van der Waals surface area contributed by atoms with Crippen LogP contribution in [0, 0.1) is 0 Å². The van der Waals surface area contributed by atoms with Gasteiger partial charge in [0.15, 0.2) is 0 Å². The van der Waals surface area contributed by atoms with Crippen molar-refractivity contribution in [3.63, 3.8) is 0 Å². The second-order valence-electron chi connectivity index (χ2n) is 5.09. The fourth-order valence-electron chi connectivity index (χ4n) is 2.42. The van der Waals surface area contributed by atoms with Gasteiger partial charge in [0.25, 0.3) is 10.0 Å². The number of nitrogens with zero attached hydrogens (tertiary/aromatic N) is 1. The molecule has 0 unspecified atom stereocenters. The van der Waals surface area contributed by atoms with Gasteiger partial charge in [0.05, 0.1) is 24.2 Å². The summed E-state index contributed by atoms with van der Waals surface area (Å²) in [5, 5.41) is 0.434. The molecular formula is C16H14ClNO5S. The van der Waals surface area contributed by atoms with Crippen LogP contribution < -0.4 is 9.04 Å². The summed E-state index contributed by atoms with van der Waals surface area (Å²) in [5.74, 6) is -0.336. The zero-order valence-electron chi connectivity index (χ0n) is 12.7. The minimum Gasteiger partial charge on any atom is -0.475 e. The highest BCUT2D eigenvalue weighted by Gasteiger charge is 2.37. The largest absolute Gasteiger partial charge is 0.475 e. The van der Waals surface area contributed by atoms with Gasteiger partial charge in [-0.1, -0.05) is 23.7 Å². The van der Waals surface area contributed by atoms with E-state index in [1.165, 1.54) is 31.4 Å². The molecule has 8 heteroatoms. The van der Waals surface area contributed by atoms with E-state index in [0.717, 1.165) is 4.31 Å². The zero-order chi connectivity index (χ0) is 17.3.